The molecule has 0 spiro atoms. The molecule has 7 nitrogen and oxygen atoms in total. The van der Waals surface area contributed by atoms with Gasteiger partial charge in [0, 0.05) is 18.8 Å². The maximum absolute atomic E-state index is 13.0. The van der Waals surface area contributed by atoms with Crippen LogP contribution >= 0.6 is 0 Å². The van der Waals surface area contributed by atoms with Crippen LogP contribution in [0.2, 0.25) is 0 Å². The molecule has 1 fully saturated rings. The number of hydrogen-bond acceptors (Lipinski definition) is 4. The monoisotopic (exact) mass is 377 g/mol. The van der Waals surface area contributed by atoms with Crippen molar-refractivity contribution in [3.63, 3.8) is 0 Å². The predicted octanol–water partition coefficient (Wildman–Crippen LogP) is 2.57. The topological polar surface area (TPSA) is 74.2 Å². The second-order valence-electron chi connectivity index (χ2n) is 7.93. The summed E-state index contributed by atoms with van der Waals surface area (Å²) in [5.41, 5.74) is 4.54. The average molecular weight is 377 g/mol. The minimum absolute atomic E-state index is 0.0168. The van der Waals surface area contributed by atoms with Crippen molar-refractivity contribution in [2.45, 2.75) is 25.8 Å². The SMILES string of the molecule is Cc1ccc(-c2nc3cc4c(cc3[nH]2)C(=O)N(C2CCN(C)CC2)C4=O)n1C. The molecule has 0 radical (unpaired) electrons. The van der Waals surface area contributed by atoms with Gasteiger partial charge in [-0.3, -0.25) is 14.5 Å². The van der Waals surface area contributed by atoms with Crippen molar-refractivity contribution in [2.24, 2.45) is 7.05 Å². The lowest BCUT2D eigenvalue weighted by atomic mass is 10.0. The first-order valence-electron chi connectivity index (χ1n) is 9.67. The summed E-state index contributed by atoms with van der Waals surface area (Å²) in [6, 6.07) is 7.58. The van der Waals surface area contributed by atoms with E-state index in [0.29, 0.717) is 16.6 Å². The summed E-state index contributed by atoms with van der Waals surface area (Å²) in [5, 5.41) is 0. The molecule has 1 aromatic carbocycles. The quantitative estimate of drug-likeness (QED) is 0.697. The Balaban J connectivity index is 1.53. The highest BCUT2D eigenvalue weighted by Crippen LogP contribution is 2.32. The van der Waals surface area contributed by atoms with Gasteiger partial charge in [0.15, 0.2) is 5.82 Å². The minimum Gasteiger partial charge on any atom is -0.345 e. The molecule has 2 amide bonds. The van der Waals surface area contributed by atoms with E-state index < -0.39 is 0 Å². The summed E-state index contributed by atoms with van der Waals surface area (Å²) in [5.74, 6) is 0.374. The van der Waals surface area contributed by atoms with Gasteiger partial charge < -0.3 is 14.5 Å². The van der Waals surface area contributed by atoms with Crippen LogP contribution in [0.5, 0.6) is 0 Å². The molecular formula is C21H23N5O2. The highest BCUT2D eigenvalue weighted by molar-refractivity contribution is 6.23. The van der Waals surface area contributed by atoms with Gasteiger partial charge >= 0.3 is 0 Å². The van der Waals surface area contributed by atoms with E-state index in [9.17, 15) is 9.59 Å². The van der Waals surface area contributed by atoms with Gasteiger partial charge in [0.25, 0.3) is 11.8 Å². The van der Waals surface area contributed by atoms with Crippen LogP contribution in [0, 0.1) is 6.92 Å². The number of aromatic amines is 1. The molecule has 3 aromatic rings. The molecule has 2 aliphatic rings. The number of imidazole rings is 1. The van der Waals surface area contributed by atoms with E-state index in [4.69, 9.17) is 0 Å². The van der Waals surface area contributed by atoms with Gasteiger partial charge in [0.2, 0.25) is 0 Å². The van der Waals surface area contributed by atoms with Crippen LogP contribution < -0.4 is 0 Å². The molecule has 0 saturated carbocycles. The number of carbonyl (C=O) groups excluding carboxylic acids is 2. The third-order valence-corrected chi connectivity index (χ3v) is 6.19. The number of piperidine rings is 1. The van der Waals surface area contributed by atoms with Gasteiger partial charge in [-0.15, -0.1) is 0 Å². The lowest BCUT2D eigenvalue weighted by Gasteiger charge is -2.33. The van der Waals surface area contributed by atoms with Gasteiger partial charge in [0.1, 0.15) is 0 Å². The Morgan fingerprint density at radius 1 is 1.04 bits per heavy atom. The van der Waals surface area contributed by atoms with Gasteiger partial charge in [-0.05, 0) is 64.2 Å². The standard InChI is InChI=1S/C21H23N5O2/c1-12-4-5-18(25(12)3)19-22-16-10-14-15(11-17(16)23-19)21(28)26(20(14)27)13-6-8-24(2)9-7-13/h4-5,10-11,13H,6-9H2,1-3H3,(H,22,23). The first-order valence-corrected chi connectivity index (χ1v) is 9.67. The van der Waals surface area contributed by atoms with E-state index in [-0.39, 0.29) is 17.9 Å². The van der Waals surface area contributed by atoms with Crippen molar-refractivity contribution in [2.75, 3.05) is 20.1 Å². The first kappa shape index (κ1) is 17.2. The lowest BCUT2D eigenvalue weighted by Crippen LogP contribution is -2.46. The van der Waals surface area contributed by atoms with Crippen LogP contribution in [0.15, 0.2) is 24.3 Å². The molecule has 0 unspecified atom stereocenters. The number of aryl methyl sites for hydroxylation is 1. The molecule has 7 heteroatoms. The average Bonchev–Trinajstić information content (AvgIpc) is 3.31. The van der Waals surface area contributed by atoms with Crippen molar-refractivity contribution in [1.82, 2.24) is 24.3 Å². The molecule has 5 rings (SSSR count). The number of rotatable bonds is 2. The zero-order valence-corrected chi connectivity index (χ0v) is 16.3. The normalized spacial score (nSPS) is 18.5. The zero-order valence-electron chi connectivity index (χ0n) is 16.3. The second-order valence-corrected chi connectivity index (χ2v) is 7.93. The molecule has 1 saturated heterocycles. The number of aromatic nitrogens is 3. The van der Waals surface area contributed by atoms with Gasteiger partial charge in [-0.25, -0.2) is 4.98 Å². The summed E-state index contributed by atoms with van der Waals surface area (Å²) >= 11 is 0. The number of hydrogen-bond donors (Lipinski definition) is 1. The minimum atomic E-state index is -0.185. The number of nitrogens with one attached hydrogen (secondary N) is 1. The summed E-state index contributed by atoms with van der Waals surface area (Å²) in [7, 11) is 4.06. The Labute approximate surface area is 162 Å². The summed E-state index contributed by atoms with van der Waals surface area (Å²) in [4.78, 5) is 37.7. The molecule has 0 bridgehead atoms. The van der Waals surface area contributed by atoms with E-state index in [1.807, 2.05) is 26.1 Å². The zero-order chi connectivity index (χ0) is 19.6. The lowest BCUT2D eigenvalue weighted by molar-refractivity contribution is 0.0516. The van der Waals surface area contributed by atoms with Crippen molar-refractivity contribution in [1.29, 1.82) is 0 Å². The highest BCUT2D eigenvalue weighted by atomic mass is 16.2. The molecular weight excluding hydrogens is 354 g/mol. The second kappa shape index (κ2) is 6.04. The Kier molecular flexibility index (Phi) is 3.71. The van der Waals surface area contributed by atoms with E-state index in [2.05, 4.69) is 26.5 Å². The number of amides is 2. The Bertz CT molecular complexity index is 1060. The third kappa shape index (κ3) is 2.43. The molecule has 1 N–H and O–H groups in total. The fraction of sp³-hybridized carbons (Fsp3) is 0.381. The largest absolute Gasteiger partial charge is 0.345 e. The van der Waals surface area contributed by atoms with Crippen molar-refractivity contribution < 1.29 is 9.59 Å². The molecule has 28 heavy (non-hydrogen) atoms. The molecule has 4 heterocycles. The van der Waals surface area contributed by atoms with Crippen LogP contribution in [-0.4, -0.2) is 62.3 Å². The van der Waals surface area contributed by atoms with E-state index in [1.165, 1.54) is 4.90 Å². The molecule has 144 valence electrons. The molecule has 0 aliphatic carbocycles. The summed E-state index contributed by atoms with van der Waals surface area (Å²) < 4.78 is 2.06. The van der Waals surface area contributed by atoms with Crippen LogP contribution in [0.3, 0.4) is 0 Å². The number of nitrogens with zero attached hydrogens (tertiary/aromatic N) is 4. The van der Waals surface area contributed by atoms with Crippen LogP contribution in [0.25, 0.3) is 22.6 Å². The molecule has 0 atom stereocenters. The van der Waals surface area contributed by atoms with Crippen LogP contribution in [0.4, 0.5) is 0 Å². The summed E-state index contributed by atoms with van der Waals surface area (Å²) in [6.07, 6.45) is 1.66. The first-order chi connectivity index (χ1) is 13.4. The van der Waals surface area contributed by atoms with E-state index >= 15 is 0 Å². The highest BCUT2D eigenvalue weighted by Gasteiger charge is 2.41. The number of likely N-dealkylation sites (tertiary alicyclic amines) is 1. The van der Waals surface area contributed by atoms with E-state index in [1.54, 1.807) is 12.1 Å². The third-order valence-electron chi connectivity index (χ3n) is 6.19. The van der Waals surface area contributed by atoms with Gasteiger partial charge in [0.05, 0.1) is 27.9 Å². The van der Waals surface area contributed by atoms with Crippen molar-refractivity contribution >= 4 is 22.8 Å². The predicted molar refractivity (Wildman–Crippen MR) is 106 cm³/mol. The number of H-pyrrole nitrogens is 1. The Hall–Kier alpha value is -2.93. The maximum atomic E-state index is 13.0. The fourth-order valence-corrected chi connectivity index (χ4v) is 4.32. The Morgan fingerprint density at radius 3 is 2.36 bits per heavy atom. The van der Waals surface area contributed by atoms with Crippen LogP contribution in [0.1, 0.15) is 39.3 Å². The smallest absolute Gasteiger partial charge is 0.261 e. The van der Waals surface area contributed by atoms with Gasteiger partial charge in [-0.1, -0.05) is 0 Å². The Morgan fingerprint density at radius 2 is 1.71 bits per heavy atom. The maximum Gasteiger partial charge on any atom is 0.261 e. The number of benzene rings is 1. The fourth-order valence-electron chi connectivity index (χ4n) is 4.32. The van der Waals surface area contributed by atoms with Gasteiger partial charge in [-0.2, -0.15) is 0 Å². The number of fused-ring (bicyclic) bond motifs is 2. The van der Waals surface area contributed by atoms with Crippen LogP contribution in [-0.2, 0) is 7.05 Å². The van der Waals surface area contributed by atoms with Crippen molar-refractivity contribution in [3.8, 4) is 11.5 Å². The number of carbonyl (C=O) groups is 2. The molecule has 2 aliphatic heterocycles. The van der Waals surface area contributed by atoms with E-state index in [0.717, 1.165) is 48.7 Å². The summed E-state index contributed by atoms with van der Waals surface area (Å²) in [6.45, 7) is 3.84. The molecule has 2 aromatic heterocycles. The number of imide groups is 1. The van der Waals surface area contributed by atoms with Crippen molar-refractivity contribution in [3.05, 3.63) is 41.1 Å².